The highest BCUT2D eigenvalue weighted by molar-refractivity contribution is 5.36. The molecule has 19 heavy (non-hydrogen) atoms. The fraction of sp³-hybridized carbons (Fsp3) is 0.533. The SMILES string of the molecule is N#CC1(c2ccccc2)CC(NCCOCCO)C1. The van der Waals surface area contributed by atoms with Crippen molar-refractivity contribution >= 4 is 0 Å². The molecule has 0 aromatic heterocycles. The largest absolute Gasteiger partial charge is 0.394 e. The van der Waals surface area contributed by atoms with E-state index in [1.165, 1.54) is 0 Å². The lowest BCUT2D eigenvalue weighted by atomic mass is 9.62. The number of ether oxygens (including phenoxy) is 1. The third-order valence-corrected chi connectivity index (χ3v) is 3.65. The smallest absolute Gasteiger partial charge is 0.0852 e. The Labute approximate surface area is 114 Å². The van der Waals surface area contributed by atoms with E-state index in [-0.39, 0.29) is 12.0 Å². The van der Waals surface area contributed by atoms with Crippen molar-refractivity contribution in [2.45, 2.75) is 24.3 Å². The molecule has 102 valence electrons. The normalized spacial score (nSPS) is 25.6. The number of benzene rings is 1. The topological polar surface area (TPSA) is 65.3 Å². The lowest BCUT2D eigenvalue weighted by molar-refractivity contribution is 0.0884. The molecule has 1 saturated carbocycles. The third kappa shape index (κ3) is 3.32. The Balaban J connectivity index is 1.76. The minimum absolute atomic E-state index is 0.0645. The zero-order valence-corrected chi connectivity index (χ0v) is 11.0. The lowest BCUT2D eigenvalue weighted by Crippen LogP contribution is -2.51. The number of hydrogen-bond acceptors (Lipinski definition) is 4. The highest BCUT2D eigenvalue weighted by Crippen LogP contribution is 2.43. The van der Waals surface area contributed by atoms with Gasteiger partial charge in [0.25, 0.3) is 0 Å². The predicted octanol–water partition coefficient (Wildman–Crippen LogP) is 1.21. The van der Waals surface area contributed by atoms with E-state index in [4.69, 9.17) is 9.84 Å². The third-order valence-electron chi connectivity index (χ3n) is 3.65. The molecule has 1 aliphatic carbocycles. The molecule has 0 atom stereocenters. The standard InChI is InChI=1S/C15H20N2O2/c16-12-15(13-4-2-1-3-5-13)10-14(11-15)17-6-8-19-9-7-18/h1-5,14,17-18H,6-11H2. The summed E-state index contributed by atoms with van der Waals surface area (Å²) in [5, 5.41) is 21.4. The quantitative estimate of drug-likeness (QED) is 0.723. The molecule has 4 nitrogen and oxygen atoms in total. The van der Waals surface area contributed by atoms with Crippen LogP contribution in [0.4, 0.5) is 0 Å². The van der Waals surface area contributed by atoms with Gasteiger partial charge in [-0.15, -0.1) is 0 Å². The van der Waals surface area contributed by atoms with E-state index in [0.717, 1.165) is 24.9 Å². The van der Waals surface area contributed by atoms with Gasteiger partial charge in [-0.1, -0.05) is 30.3 Å². The van der Waals surface area contributed by atoms with Crippen LogP contribution in [0.5, 0.6) is 0 Å². The molecule has 2 N–H and O–H groups in total. The molecule has 4 heteroatoms. The monoisotopic (exact) mass is 260 g/mol. The average Bonchev–Trinajstić information content (AvgIpc) is 2.42. The summed E-state index contributed by atoms with van der Waals surface area (Å²) < 4.78 is 5.19. The van der Waals surface area contributed by atoms with Gasteiger partial charge in [0.1, 0.15) is 0 Å². The zero-order valence-electron chi connectivity index (χ0n) is 11.0. The Bertz CT molecular complexity index is 422. The molecule has 1 fully saturated rings. The first-order valence-electron chi connectivity index (χ1n) is 6.69. The van der Waals surface area contributed by atoms with Crippen LogP contribution in [-0.2, 0) is 10.2 Å². The van der Waals surface area contributed by atoms with Crippen LogP contribution in [0.1, 0.15) is 18.4 Å². The molecular weight excluding hydrogens is 240 g/mol. The van der Waals surface area contributed by atoms with E-state index >= 15 is 0 Å². The molecule has 0 heterocycles. The van der Waals surface area contributed by atoms with Crippen molar-refractivity contribution in [3.05, 3.63) is 35.9 Å². The van der Waals surface area contributed by atoms with Crippen molar-refractivity contribution < 1.29 is 9.84 Å². The number of nitriles is 1. The van der Waals surface area contributed by atoms with Gasteiger partial charge >= 0.3 is 0 Å². The second-order valence-electron chi connectivity index (χ2n) is 4.96. The highest BCUT2D eigenvalue weighted by Gasteiger charge is 2.45. The first-order valence-corrected chi connectivity index (χ1v) is 6.69. The van der Waals surface area contributed by atoms with Gasteiger partial charge in [-0.05, 0) is 18.4 Å². The Hall–Kier alpha value is -1.41. The number of nitrogens with one attached hydrogen (secondary N) is 1. The van der Waals surface area contributed by atoms with Gasteiger partial charge in [0, 0.05) is 12.6 Å². The maximum absolute atomic E-state index is 9.42. The summed E-state index contributed by atoms with van der Waals surface area (Å²) in [6, 6.07) is 12.9. The van der Waals surface area contributed by atoms with Crippen LogP contribution in [0.3, 0.4) is 0 Å². The maximum atomic E-state index is 9.42. The van der Waals surface area contributed by atoms with Crippen molar-refractivity contribution in [1.29, 1.82) is 5.26 Å². The first-order chi connectivity index (χ1) is 9.30. The van der Waals surface area contributed by atoms with Crippen LogP contribution in [0.2, 0.25) is 0 Å². The van der Waals surface area contributed by atoms with Gasteiger partial charge < -0.3 is 15.2 Å². The Morgan fingerprint density at radius 3 is 2.68 bits per heavy atom. The highest BCUT2D eigenvalue weighted by atomic mass is 16.5. The molecule has 0 radical (unpaired) electrons. The number of nitrogens with zero attached hydrogens (tertiary/aromatic N) is 1. The summed E-state index contributed by atoms with van der Waals surface area (Å²) in [5.41, 5.74) is 0.803. The number of rotatable bonds is 7. The van der Waals surface area contributed by atoms with Gasteiger partial charge in [-0.2, -0.15) is 5.26 Å². The molecule has 1 aromatic carbocycles. The van der Waals surface area contributed by atoms with Crippen LogP contribution < -0.4 is 5.32 Å². The van der Waals surface area contributed by atoms with Gasteiger partial charge in [-0.25, -0.2) is 0 Å². The van der Waals surface area contributed by atoms with E-state index in [0.29, 0.717) is 19.3 Å². The Kier molecular flexibility index (Phi) is 4.92. The second-order valence-corrected chi connectivity index (χ2v) is 4.96. The van der Waals surface area contributed by atoms with E-state index in [2.05, 4.69) is 11.4 Å². The second kappa shape index (κ2) is 6.67. The van der Waals surface area contributed by atoms with Crippen LogP contribution in [0.15, 0.2) is 30.3 Å². The van der Waals surface area contributed by atoms with Crippen LogP contribution in [0, 0.1) is 11.3 Å². The summed E-state index contributed by atoms with van der Waals surface area (Å²) in [6.07, 6.45) is 1.71. The molecule has 0 bridgehead atoms. The van der Waals surface area contributed by atoms with E-state index < -0.39 is 0 Å². The van der Waals surface area contributed by atoms with Gasteiger partial charge in [0.2, 0.25) is 0 Å². The van der Waals surface area contributed by atoms with Crippen molar-refractivity contribution in [2.75, 3.05) is 26.4 Å². The van der Waals surface area contributed by atoms with Crippen molar-refractivity contribution in [3.63, 3.8) is 0 Å². The van der Waals surface area contributed by atoms with Gasteiger partial charge in [0.15, 0.2) is 0 Å². The predicted molar refractivity (Wildman–Crippen MR) is 72.7 cm³/mol. The van der Waals surface area contributed by atoms with Gasteiger partial charge in [-0.3, -0.25) is 0 Å². The number of hydrogen-bond donors (Lipinski definition) is 2. The summed E-state index contributed by atoms with van der Waals surface area (Å²) in [6.45, 7) is 1.82. The van der Waals surface area contributed by atoms with Crippen molar-refractivity contribution in [2.24, 2.45) is 0 Å². The number of aliphatic hydroxyl groups excluding tert-OH is 1. The van der Waals surface area contributed by atoms with E-state index in [9.17, 15) is 5.26 Å². The molecular formula is C15H20N2O2. The van der Waals surface area contributed by atoms with Crippen LogP contribution >= 0.6 is 0 Å². The molecule has 1 aliphatic rings. The zero-order chi connectivity index (χ0) is 13.6. The summed E-state index contributed by atoms with van der Waals surface area (Å²) in [7, 11) is 0. The van der Waals surface area contributed by atoms with Crippen molar-refractivity contribution in [1.82, 2.24) is 5.32 Å². The molecule has 0 unspecified atom stereocenters. The summed E-state index contributed by atoms with van der Waals surface area (Å²) in [5.74, 6) is 0. The minimum atomic E-state index is -0.315. The maximum Gasteiger partial charge on any atom is 0.0852 e. The Morgan fingerprint density at radius 2 is 2.05 bits per heavy atom. The summed E-state index contributed by atoms with van der Waals surface area (Å²) in [4.78, 5) is 0. The lowest BCUT2D eigenvalue weighted by Gasteiger charge is -2.43. The average molecular weight is 260 g/mol. The van der Waals surface area contributed by atoms with Crippen molar-refractivity contribution in [3.8, 4) is 6.07 Å². The fourth-order valence-corrected chi connectivity index (χ4v) is 2.58. The molecule has 0 amide bonds. The van der Waals surface area contributed by atoms with E-state index in [1.807, 2.05) is 30.3 Å². The Morgan fingerprint density at radius 1 is 1.32 bits per heavy atom. The summed E-state index contributed by atoms with van der Waals surface area (Å²) >= 11 is 0. The van der Waals surface area contributed by atoms with E-state index in [1.54, 1.807) is 0 Å². The minimum Gasteiger partial charge on any atom is -0.394 e. The fourth-order valence-electron chi connectivity index (χ4n) is 2.58. The molecule has 2 rings (SSSR count). The van der Waals surface area contributed by atoms with Crippen LogP contribution in [0.25, 0.3) is 0 Å². The number of aliphatic hydroxyl groups is 1. The molecule has 0 saturated heterocycles. The van der Waals surface area contributed by atoms with Gasteiger partial charge in [0.05, 0.1) is 31.3 Å². The molecule has 0 spiro atoms. The molecule has 1 aromatic rings. The first kappa shape index (κ1) is 14.0. The van der Waals surface area contributed by atoms with Crippen LogP contribution in [-0.4, -0.2) is 37.5 Å². The molecule has 0 aliphatic heterocycles.